The third-order valence-corrected chi connectivity index (χ3v) is 7.26. The molecule has 4 nitrogen and oxygen atoms in total. The molecule has 2 aliphatic rings. The van der Waals surface area contributed by atoms with Crippen LogP contribution in [0.5, 0.6) is 5.75 Å². The van der Waals surface area contributed by atoms with Crippen molar-refractivity contribution < 1.29 is 4.74 Å². The first-order chi connectivity index (χ1) is 15.2. The Kier molecular flexibility index (Phi) is 8.09. The van der Waals surface area contributed by atoms with Crippen LogP contribution in [-0.4, -0.2) is 29.6 Å². The number of hydrogen-bond donors (Lipinski definition) is 1. The van der Waals surface area contributed by atoms with E-state index in [-0.39, 0.29) is 5.56 Å². The Morgan fingerprint density at radius 1 is 1.00 bits per heavy atom. The molecule has 0 amide bonds. The molecule has 1 aliphatic heterocycles. The average molecular weight is 443 g/mol. The van der Waals surface area contributed by atoms with Crippen LogP contribution in [0.25, 0.3) is 0 Å². The zero-order chi connectivity index (χ0) is 21.5. The lowest BCUT2D eigenvalue weighted by molar-refractivity contribution is 0.136. The minimum Gasteiger partial charge on any atom is -0.493 e. The molecule has 1 aromatic carbocycles. The van der Waals surface area contributed by atoms with Crippen molar-refractivity contribution in [1.82, 2.24) is 9.88 Å². The summed E-state index contributed by atoms with van der Waals surface area (Å²) in [5, 5.41) is 0.583. The van der Waals surface area contributed by atoms with Gasteiger partial charge in [-0.05, 0) is 68.3 Å². The molecule has 1 N–H and O–H groups in total. The second-order valence-corrected chi connectivity index (χ2v) is 9.79. The average Bonchev–Trinajstić information content (AvgIpc) is 2.81. The number of rotatable bonds is 8. The van der Waals surface area contributed by atoms with Crippen molar-refractivity contribution in [2.24, 2.45) is 11.8 Å². The van der Waals surface area contributed by atoms with E-state index in [1.54, 1.807) is 12.3 Å². The van der Waals surface area contributed by atoms with E-state index in [2.05, 4.69) is 34.1 Å². The minimum absolute atomic E-state index is 0.0420. The Balaban J connectivity index is 1.23. The Hall–Kier alpha value is -1.78. The molecule has 168 valence electrons. The lowest BCUT2D eigenvalue weighted by Gasteiger charge is -2.31. The van der Waals surface area contributed by atoms with Crippen molar-refractivity contribution in [2.45, 2.75) is 64.3 Å². The number of para-hydroxylation sites is 1. The summed E-state index contributed by atoms with van der Waals surface area (Å²) in [5.41, 5.74) is 2.07. The van der Waals surface area contributed by atoms with Crippen LogP contribution in [0, 0.1) is 11.8 Å². The van der Waals surface area contributed by atoms with Crippen LogP contribution in [0.15, 0.2) is 41.3 Å². The van der Waals surface area contributed by atoms with Crippen LogP contribution >= 0.6 is 11.6 Å². The molecule has 0 spiro atoms. The van der Waals surface area contributed by atoms with Gasteiger partial charge in [0.15, 0.2) is 0 Å². The summed E-state index contributed by atoms with van der Waals surface area (Å²) in [7, 11) is 0. The molecule has 1 aliphatic carbocycles. The monoisotopic (exact) mass is 442 g/mol. The summed E-state index contributed by atoms with van der Waals surface area (Å²) in [5.74, 6) is 2.55. The van der Waals surface area contributed by atoms with Crippen LogP contribution in [0.1, 0.15) is 62.5 Å². The van der Waals surface area contributed by atoms with Gasteiger partial charge in [-0.25, -0.2) is 0 Å². The SMILES string of the molecule is O=c1[nH]cc(Cl)cc1CN1CCC(COc2ccccc2CCC2CCCCC2)CC1. The van der Waals surface area contributed by atoms with E-state index >= 15 is 0 Å². The number of aryl methyl sites for hydroxylation is 1. The number of H-pyrrole nitrogens is 1. The van der Waals surface area contributed by atoms with Crippen LogP contribution < -0.4 is 10.3 Å². The minimum atomic E-state index is -0.0420. The van der Waals surface area contributed by atoms with Gasteiger partial charge < -0.3 is 9.72 Å². The van der Waals surface area contributed by atoms with Gasteiger partial charge in [0, 0.05) is 18.3 Å². The second-order valence-electron chi connectivity index (χ2n) is 9.35. The number of ether oxygens (including phenoxy) is 1. The van der Waals surface area contributed by atoms with Gasteiger partial charge in [-0.3, -0.25) is 9.69 Å². The van der Waals surface area contributed by atoms with Crippen molar-refractivity contribution in [2.75, 3.05) is 19.7 Å². The van der Waals surface area contributed by atoms with Gasteiger partial charge in [-0.1, -0.05) is 61.9 Å². The highest BCUT2D eigenvalue weighted by molar-refractivity contribution is 6.30. The quantitative estimate of drug-likeness (QED) is 0.559. The maximum Gasteiger partial charge on any atom is 0.252 e. The highest BCUT2D eigenvalue weighted by Gasteiger charge is 2.21. The highest BCUT2D eigenvalue weighted by atomic mass is 35.5. The molecule has 1 saturated heterocycles. The standard InChI is InChI=1S/C26H35ClN2O2/c27-24-16-23(26(30)28-17-24)18-29-14-12-21(13-15-29)19-31-25-9-5-4-8-22(25)11-10-20-6-2-1-3-7-20/h4-5,8-9,16-17,20-21H,1-3,6-7,10-15,18-19H2,(H,28,30). The highest BCUT2D eigenvalue weighted by Crippen LogP contribution is 2.30. The number of pyridine rings is 1. The molecule has 1 saturated carbocycles. The van der Waals surface area contributed by atoms with Gasteiger partial charge in [0.05, 0.1) is 11.6 Å². The summed E-state index contributed by atoms with van der Waals surface area (Å²) in [4.78, 5) is 17.0. The predicted octanol–water partition coefficient (Wildman–Crippen LogP) is 5.83. The lowest BCUT2D eigenvalue weighted by Crippen LogP contribution is -2.36. The predicted molar refractivity (Wildman–Crippen MR) is 127 cm³/mol. The first kappa shape index (κ1) is 22.4. The van der Waals surface area contributed by atoms with Gasteiger partial charge in [-0.2, -0.15) is 0 Å². The molecule has 1 aromatic heterocycles. The molecular weight excluding hydrogens is 408 g/mol. The first-order valence-corrected chi connectivity index (χ1v) is 12.4. The van der Waals surface area contributed by atoms with E-state index in [9.17, 15) is 4.79 Å². The van der Waals surface area contributed by atoms with Crippen molar-refractivity contribution in [1.29, 1.82) is 0 Å². The van der Waals surface area contributed by atoms with E-state index in [0.717, 1.165) is 56.2 Å². The van der Waals surface area contributed by atoms with Crippen molar-refractivity contribution in [3.8, 4) is 5.75 Å². The number of halogens is 1. The largest absolute Gasteiger partial charge is 0.493 e. The van der Waals surface area contributed by atoms with Crippen molar-refractivity contribution in [3.05, 3.63) is 63.0 Å². The molecule has 0 bridgehead atoms. The molecule has 31 heavy (non-hydrogen) atoms. The number of aromatic amines is 1. The maximum atomic E-state index is 12.0. The number of piperidine rings is 1. The molecule has 0 radical (unpaired) electrons. The van der Waals surface area contributed by atoms with Crippen molar-refractivity contribution in [3.63, 3.8) is 0 Å². The topological polar surface area (TPSA) is 45.3 Å². The third-order valence-electron chi connectivity index (χ3n) is 7.04. The maximum absolute atomic E-state index is 12.0. The van der Waals surface area contributed by atoms with Crippen molar-refractivity contribution >= 4 is 11.6 Å². The summed E-state index contributed by atoms with van der Waals surface area (Å²) in [6.07, 6.45) is 13.2. The van der Waals surface area contributed by atoms with Crippen LogP contribution in [-0.2, 0) is 13.0 Å². The number of benzene rings is 1. The fourth-order valence-electron chi connectivity index (χ4n) is 5.06. The number of likely N-dealkylation sites (tertiary alicyclic amines) is 1. The molecule has 2 heterocycles. The van der Waals surface area contributed by atoms with Gasteiger partial charge in [-0.15, -0.1) is 0 Å². The number of hydrogen-bond acceptors (Lipinski definition) is 3. The molecule has 2 fully saturated rings. The van der Waals surface area contributed by atoms with E-state index in [0.29, 0.717) is 17.5 Å². The zero-order valence-electron chi connectivity index (χ0n) is 18.5. The number of nitrogens with one attached hydrogen (secondary N) is 1. The Bertz CT molecular complexity index is 883. The van der Waals surface area contributed by atoms with Crippen LogP contribution in [0.3, 0.4) is 0 Å². The number of aromatic nitrogens is 1. The van der Waals surface area contributed by atoms with E-state index in [1.807, 2.05) is 0 Å². The summed E-state index contributed by atoms with van der Waals surface area (Å²) in [6.45, 7) is 3.42. The molecular formula is C26H35ClN2O2. The fraction of sp³-hybridized carbons (Fsp3) is 0.577. The van der Waals surface area contributed by atoms with Gasteiger partial charge >= 0.3 is 0 Å². The molecule has 0 unspecified atom stereocenters. The second kappa shape index (κ2) is 11.2. The van der Waals surface area contributed by atoms with E-state index in [4.69, 9.17) is 16.3 Å². The van der Waals surface area contributed by atoms with Crippen LogP contribution in [0.2, 0.25) is 5.02 Å². The summed E-state index contributed by atoms with van der Waals surface area (Å²) in [6, 6.07) is 10.4. The Morgan fingerprint density at radius 2 is 1.77 bits per heavy atom. The number of nitrogens with zero attached hydrogens (tertiary/aromatic N) is 1. The third kappa shape index (κ3) is 6.60. The Morgan fingerprint density at radius 3 is 2.58 bits per heavy atom. The van der Waals surface area contributed by atoms with Crippen LogP contribution in [0.4, 0.5) is 0 Å². The fourth-order valence-corrected chi connectivity index (χ4v) is 5.25. The normalized spacial score (nSPS) is 18.9. The molecule has 4 rings (SSSR count). The van der Waals surface area contributed by atoms with E-state index in [1.165, 1.54) is 44.1 Å². The summed E-state index contributed by atoms with van der Waals surface area (Å²) < 4.78 is 6.31. The molecule has 0 atom stereocenters. The first-order valence-electron chi connectivity index (χ1n) is 12.0. The van der Waals surface area contributed by atoms with E-state index < -0.39 is 0 Å². The smallest absolute Gasteiger partial charge is 0.252 e. The van der Waals surface area contributed by atoms with Gasteiger partial charge in [0.1, 0.15) is 5.75 Å². The Labute approximate surface area is 191 Å². The zero-order valence-corrected chi connectivity index (χ0v) is 19.2. The molecule has 2 aromatic rings. The summed E-state index contributed by atoms with van der Waals surface area (Å²) >= 11 is 6.03. The van der Waals surface area contributed by atoms with Gasteiger partial charge in [0.25, 0.3) is 5.56 Å². The lowest BCUT2D eigenvalue weighted by atomic mass is 9.85. The van der Waals surface area contributed by atoms with Gasteiger partial charge in [0.2, 0.25) is 0 Å². The molecule has 5 heteroatoms.